The molecule has 0 aromatic heterocycles. The van der Waals surface area contributed by atoms with Crippen LogP contribution in [0.1, 0.15) is 0 Å². The molecule has 0 bridgehead atoms. The fourth-order valence-corrected chi connectivity index (χ4v) is 1.83. The van der Waals surface area contributed by atoms with Crippen molar-refractivity contribution in [1.29, 1.82) is 0 Å². The molecule has 0 saturated carbocycles. The Kier molecular flexibility index (Phi) is 2.32. The van der Waals surface area contributed by atoms with Crippen molar-refractivity contribution in [2.24, 2.45) is 0 Å². The Morgan fingerprint density at radius 3 is 1.67 bits per heavy atom. The summed E-state index contributed by atoms with van der Waals surface area (Å²) in [4.78, 5) is 0. The summed E-state index contributed by atoms with van der Waals surface area (Å²) in [5.74, 6) is 0. The van der Waals surface area contributed by atoms with E-state index in [4.69, 9.17) is 18.9 Å². The molecule has 2 rings (SSSR count). The maximum Gasteiger partial charge on any atom is 0.115 e. The minimum atomic E-state index is 0.0694. The van der Waals surface area contributed by atoms with Gasteiger partial charge in [0.1, 0.15) is 24.4 Å². The zero-order chi connectivity index (χ0) is 8.55. The van der Waals surface area contributed by atoms with E-state index in [1.165, 1.54) is 0 Å². The van der Waals surface area contributed by atoms with E-state index in [1.54, 1.807) is 14.2 Å². The van der Waals surface area contributed by atoms with Gasteiger partial charge in [-0.25, -0.2) is 0 Å². The molecular formula is C8H14O4. The highest BCUT2D eigenvalue weighted by Gasteiger charge is 2.48. The number of ether oxygens (including phenoxy) is 4. The van der Waals surface area contributed by atoms with Gasteiger partial charge in [0.25, 0.3) is 0 Å². The maximum atomic E-state index is 5.51. The van der Waals surface area contributed by atoms with Gasteiger partial charge in [-0.2, -0.15) is 0 Å². The lowest BCUT2D eigenvalue weighted by Crippen LogP contribution is -2.32. The molecule has 0 aromatic carbocycles. The first kappa shape index (κ1) is 8.44. The van der Waals surface area contributed by atoms with Gasteiger partial charge in [0.15, 0.2) is 0 Å². The predicted octanol–water partition coefficient (Wildman–Crippen LogP) is -0.186. The Morgan fingerprint density at radius 2 is 1.33 bits per heavy atom. The average Bonchev–Trinajstić information content (AvgIpc) is 2.62. The molecule has 0 radical (unpaired) electrons. The predicted molar refractivity (Wildman–Crippen MR) is 41.1 cm³/mol. The van der Waals surface area contributed by atoms with Gasteiger partial charge in [0, 0.05) is 14.2 Å². The average molecular weight is 174 g/mol. The van der Waals surface area contributed by atoms with E-state index in [1.807, 2.05) is 0 Å². The van der Waals surface area contributed by atoms with Crippen LogP contribution in [0.3, 0.4) is 0 Å². The smallest absolute Gasteiger partial charge is 0.115 e. The number of methoxy groups -OCH3 is 2. The van der Waals surface area contributed by atoms with Gasteiger partial charge in [-0.05, 0) is 0 Å². The molecule has 2 aliphatic heterocycles. The van der Waals surface area contributed by atoms with E-state index in [9.17, 15) is 0 Å². The number of fused-ring (bicyclic) bond motifs is 1. The standard InChI is InChI=1S/C8H14O4/c1-9-5-3-11-8-6(10-2)4-12-7(5)8/h5-8H,3-4H2,1-2H3/t5-,6-,7+,8+/m0/s1. The van der Waals surface area contributed by atoms with Crippen molar-refractivity contribution in [3.63, 3.8) is 0 Å². The lowest BCUT2D eigenvalue weighted by Gasteiger charge is -2.14. The molecule has 0 unspecified atom stereocenters. The van der Waals surface area contributed by atoms with Crippen LogP contribution in [0.25, 0.3) is 0 Å². The molecule has 0 aliphatic carbocycles. The van der Waals surface area contributed by atoms with E-state index >= 15 is 0 Å². The summed E-state index contributed by atoms with van der Waals surface area (Å²) in [7, 11) is 3.36. The quantitative estimate of drug-likeness (QED) is 0.581. The monoisotopic (exact) mass is 174 g/mol. The van der Waals surface area contributed by atoms with E-state index < -0.39 is 0 Å². The van der Waals surface area contributed by atoms with Gasteiger partial charge < -0.3 is 18.9 Å². The molecule has 4 nitrogen and oxygen atoms in total. The zero-order valence-electron chi connectivity index (χ0n) is 7.36. The third kappa shape index (κ3) is 1.15. The highest BCUT2D eigenvalue weighted by Crippen LogP contribution is 2.29. The van der Waals surface area contributed by atoms with Crippen molar-refractivity contribution in [3.05, 3.63) is 0 Å². The minimum absolute atomic E-state index is 0.0694. The Balaban J connectivity index is 2.01. The molecule has 2 fully saturated rings. The highest BCUT2D eigenvalue weighted by molar-refractivity contribution is 4.95. The van der Waals surface area contributed by atoms with Gasteiger partial charge in [-0.15, -0.1) is 0 Å². The van der Waals surface area contributed by atoms with E-state index in [2.05, 4.69) is 0 Å². The van der Waals surface area contributed by atoms with E-state index in [0.29, 0.717) is 13.2 Å². The van der Waals surface area contributed by atoms with Crippen molar-refractivity contribution in [3.8, 4) is 0 Å². The van der Waals surface area contributed by atoms with Crippen LogP contribution in [0.15, 0.2) is 0 Å². The molecule has 0 aromatic rings. The van der Waals surface area contributed by atoms with Gasteiger partial charge in [0.05, 0.1) is 13.2 Å². The molecule has 2 aliphatic rings. The second kappa shape index (κ2) is 3.30. The maximum absolute atomic E-state index is 5.51. The van der Waals surface area contributed by atoms with Gasteiger partial charge in [-0.1, -0.05) is 0 Å². The molecular weight excluding hydrogens is 160 g/mol. The Labute approximate surface area is 71.7 Å². The Hall–Kier alpha value is -0.160. The van der Waals surface area contributed by atoms with Crippen LogP contribution in [-0.4, -0.2) is 51.8 Å². The molecule has 0 N–H and O–H groups in total. The number of hydrogen-bond donors (Lipinski definition) is 0. The summed E-state index contributed by atoms with van der Waals surface area (Å²) in [5, 5.41) is 0. The summed E-state index contributed by atoms with van der Waals surface area (Å²) in [6.45, 7) is 1.23. The van der Waals surface area contributed by atoms with Crippen molar-refractivity contribution in [1.82, 2.24) is 0 Å². The lowest BCUT2D eigenvalue weighted by molar-refractivity contribution is -0.0267. The Morgan fingerprint density at radius 1 is 0.917 bits per heavy atom. The summed E-state index contributed by atoms with van der Waals surface area (Å²) in [6.07, 6.45) is 0.296. The first-order valence-electron chi connectivity index (χ1n) is 4.15. The lowest BCUT2D eigenvalue weighted by atomic mass is 10.1. The number of rotatable bonds is 2. The highest BCUT2D eigenvalue weighted by atomic mass is 16.6. The van der Waals surface area contributed by atoms with Gasteiger partial charge in [-0.3, -0.25) is 0 Å². The zero-order valence-corrected chi connectivity index (χ0v) is 7.36. The molecule has 4 heteroatoms. The SMILES string of the molecule is CO[C@H]1CO[C@H]2[C@@H]1OC[C@@H]2OC. The van der Waals surface area contributed by atoms with Crippen LogP contribution in [0.2, 0.25) is 0 Å². The summed E-state index contributed by atoms with van der Waals surface area (Å²) in [6, 6.07) is 0. The molecule has 70 valence electrons. The molecule has 12 heavy (non-hydrogen) atoms. The molecule has 2 heterocycles. The van der Waals surface area contributed by atoms with Crippen LogP contribution in [0, 0.1) is 0 Å². The molecule has 0 spiro atoms. The van der Waals surface area contributed by atoms with Gasteiger partial charge >= 0.3 is 0 Å². The van der Waals surface area contributed by atoms with Crippen molar-refractivity contribution >= 4 is 0 Å². The van der Waals surface area contributed by atoms with Gasteiger partial charge in [0.2, 0.25) is 0 Å². The first-order chi connectivity index (χ1) is 5.86. The number of hydrogen-bond acceptors (Lipinski definition) is 4. The topological polar surface area (TPSA) is 36.9 Å². The second-order valence-corrected chi connectivity index (χ2v) is 3.14. The van der Waals surface area contributed by atoms with Crippen LogP contribution >= 0.6 is 0 Å². The van der Waals surface area contributed by atoms with Crippen molar-refractivity contribution in [2.45, 2.75) is 24.4 Å². The normalized spacial score (nSPS) is 46.5. The van der Waals surface area contributed by atoms with Crippen LogP contribution in [0.5, 0.6) is 0 Å². The molecule has 2 saturated heterocycles. The summed E-state index contributed by atoms with van der Waals surface area (Å²) < 4.78 is 21.4. The van der Waals surface area contributed by atoms with Crippen LogP contribution < -0.4 is 0 Å². The third-order valence-corrected chi connectivity index (χ3v) is 2.57. The molecule has 0 amide bonds. The van der Waals surface area contributed by atoms with Crippen molar-refractivity contribution < 1.29 is 18.9 Å². The second-order valence-electron chi connectivity index (χ2n) is 3.14. The fourth-order valence-electron chi connectivity index (χ4n) is 1.83. The fraction of sp³-hybridized carbons (Fsp3) is 1.00. The minimum Gasteiger partial charge on any atom is -0.376 e. The summed E-state index contributed by atoms with van der Waals surface area (Å²) >= 11 is 0. The molecule has 4 atom stereocenters. The van der Waals surface area contributed by atoms with Crippen LogP contribution in [0.4, 0.5) is 0 Å². The first-order valence-corrected chi connectivity index (χ1v) is 4.15. The third-order valence-electron chi connectivity index (χ3n) is 2.57. The van der Waals surface area contributed by atoms with E-state index in [0.717, 1.165) is 0 Å². The van der Waals surface area contributed by atoms with Crippen molar-refractivity contribution in [2.75, 3.05) is 27.4 Å². The largest absolute Gasteiger partial charge is 0.376 e. The van der Waals surface area contributed by atoms with E-state index in [-0.39, 0.29) is 24.4 Å². The summed E-state index contributed by atoms with van der Waals surface area (Å²) in [5.41, 5.74) is 0. The Bertz CT molecular complexity index is 143. The van der Waals surface area contributed by atoms with Crippen LogP contribution in [-0.2, 0) is 18.9 Å².